The summed E-state index contributed by atoms with van der Waals surface area (Å²) in [5.41, 5.74) is 1.34. The predicted molar refractivity (Wildman–Crippen MR) is 77.8 cm³/mol. The fraction of sp³-hybridized carbons (Fsp3) is 0.562. The predicted octanol–water partition coefficient (Wildman–Crippen LogP) is 2.52. The molecule has 1 amide bonds. The summed E-state index contributed by atoms with van der Waals surface area (Å²) < 4.78 is 0. The van der Waals surface area contributed by atoms with Crippen molar-refractivity contribution in [1.82, 2.24) is 9.80 Å². The van der Waals surface area contributed by atoms with Gasteiger partial charge in [-0.05, 0) is 19.4 Å². The molecule has 19 heavy (non-hydrogen) atoms. The van der Waals surface area contributed by atoms with Gasteiger partial charge in [-0.2, -0.15) is 0 Å². The topological polar surface area (TPSA) is 23.6 Å². The number of benzene rings is 1. The number of hydrogen-bond donors (Lipinski definition) is 0. The number of carbonyl (C=O) groups is 1. The first-order chi connectivity index (χ1) is 9.11. The Morgan fingerprint density at radius 2 is 1.74 bits per heavy atom. The first-order valence-electron chi connectivity index (χ1n) is 7.19. The van der Waals surface area contributed by atoms with Crippen molar-refractivity contribution in [1.29, 1.82) is 0 Å². The molecule has 1 aliphatic rings. The molecule has 104 valence electrons. The third-order valence-corrected chi connectivity index (χ3v) is 3.83. The number of piperazine rings is 1. The molecule has 0 unspecified atom stereocenters. The summed E-state index contributed by atoms with van der Waals surface area (Å²) in [6.07, 6.45) is 0.605. The van der Waals surface area contributed by atoms with Gasteiger partial charge in [-0.3, -0.25) is 9.69 Å². The van der Waals surface area contributed by atoms with Gasteiger partial charge < -0.3 is 4.90 Å². The van der Waals surface area contributed by atoms with E-state index in [4.69, 9.17) is 0 Å². The van der Waals surface area contributed by atoms with Crippen LogP contribution in [0.25, 0.3) is 0 Å². The lowest BCUT2D eigenvalue weighted by Gasteiger charge is -2.44. The standard InChI is InChI=1S/C16H24N2O/c1-4-16(19)18-13(2)10-17(11-14(18)3)12-15-8-6-5-7-9-15/h5-9,13-14H,4,10-12H2,1-3H3/t13-,14-/m0/s1. The Morgan fingerprint density at radius 1 is 1.16 bits per heavy atom. The maximum absolute atomic E-state index is 12.0. The number of nitrogens with zero attached hydrogens (tertiary/aromatic N) is 2. The number of amides is 1. The molecule has 0 bridgehead atoms. The highest BCUT2D eigenvalue weighted by Crippen LogP contribution is 2.18. The Morgan fingerprint density at radius 3 is 2.26 bits per heavy atom. The molecule has 0 radical (unpaired) electrons. The molecule has 1 aliphatic heterocycles. The second-order valence-electron chi connectivity index (χ2n) is 5.53. The van der Waals surface area contributed by atoms with E-state index in [-0.39, 0.29) is 5.91 Å². The number of hydrogen-bond acceptors (Lipinski definition) is 2. The van der Waals surface area contributed by atoms with Crippen molar-refractivity contribution in [3.63, 3.8) is 0 Å². The highest BCUT2D eigenvalue weighted by atomic mass is 16.2. The Kier molecular flexibility index (Phi) is 4.59. The minimum absolute atomic E-state index is 0.277. The van der Waals surface area contributed by atoms with Crippen molar-refractivity contribution in [2.24, 2.45) is 0 Å². The molecule has 1 heterocycles. The monoisotopic (exact) mass is 260 g/mol. The van der Waals surface area contributed by atoms with Crippen molar-refractivity contribution in [2.45, 2.75) is 45.8 Å². The van der Waals surface area contributed by atoms with Gasteiger partial charge in [0.1, 0.15) is 0 Å². The fourth-order valence-corrected chi connectivity index (χ4v) is 3.08. The zero-order valence-corrected chi connectivity index (χ0v) is 12.2. The molecule has 2 atom stereocenters. The second-order valence-corrected chi connectivity index (χ2v) is 5.53. The van der Waals surface area contributed by atoms with Crippen LogP contribution in [-0.4, -0.2) is 40.9 Å². The van der Waals surface area contributed by atoms with Gasteiger partial charge in [0.05, 0.1) is 0 Å². The van der Waals surface area contributed by atoms with Crippen LogP contribution in [0.2, 0.25) is 0 Å². The first-order valence-corrected chi connectivity index (χ1v) is 7.19. The maximum Gasteiger partial charge on any atom is 0.222 e. The first kappa shape index (κ1) is 14.1. The molecule has 0 aliphatic carbocycles. The fourth-order valence-electron chi connectivity index (χ4n) is 3.08. The normalized spacial score (nSPS) is 24.5. The maximum atomic E-state index is 12.0. The van der Waals surface area contributed by atoms with E-state index >= 15 is 0 Å². The largest absolute Gasteiger partial charge is 0.335 e. The van der Waals surface area contributed by atoms with Crippen molar-refractivity contribution < 1.29 is 4.79 Å². The van der Waals surface area contributed by atoms with E-state index in [1.165, 1.54) is 5.56 Å². The van der Waals surface area contributed by atoms with E-state index < -0.39 is 0 Å². The van der Waals surface area contributed by atoms with Gasteiger partial charge in [0.15, 0.2) is 0 Å². The van der Waals surface area contributed by atoms with Crippen molar-refractivity contribution >= 4 is 5.91 Å². The van der Waals surface area contributed by atoms with E-state index in [1.807, 2.05) is 13.0 Å². The van der Waals surface area contributed by atoms with Gasteiger partial charge in [-0.1, -0.05) is 37.3 Å². The smallest absolute Gasteiger partial charge is 0.222 e. The van der Waals surface area contributed by atoms with E-state index in [9.17, 15) is 4.79 Å². The molecule has 2 rings (SSSR count). The van der Waals surface area contributed by atoms with Gasteiger partial charge >= 0.3 is 0 Å². The summed E-state index contributed by atoms with van der Waals surface area (Å²) in [6, 6.07) is 11.2. The minimum atomic E-state index is 0.277. The van der Waals surface area contributed by atoms with Crippen LogP contribution >= 0.6 is 0 Å². The van der Waals surface area contributed by atoms with Crippen LogP contribution in [-0.2, 0) is 11.3 Å². The van der Waals surface area contributed by atoms with Gasteiger partial charge in [-0.15, -0.1) is 0 Å². The van der Waals surface area contributed by atoms with Crippen LogP contribution in [0.5, 0.6) is 0 Å². The van der Waals surface area contributed by atoms with Crippen LogP contribution in [0, 0.1) is 0 Å². The lowest BCUT2D eigenvalue weighted by Crippen LogP contribution is -2.58. The number of carbonyl (C=O) groups excluding carboxylic acids is 1. The quantitative estimate of drug-likeness (QED) is 0.833. The van der Waals surface area contributed by atoms with E-state index in [0.717, 1.165) is 19.6 Å². The summed E-state index contributed by atoms with van der Waals surface area (Å²) in [7, 11) is 0. The van der Waals surface area contributed by atoms with Crippen molar-refractivity contribution in [3.05, 3.63) is 35.9 Å². The van der Waals surface area contributed by atoms with Gasteiger partial charge in [0.25, 0.3) is 0 Å². The summed E-state index contributed by atoms with van der Waals surface area (Å²) in [5, 5.41) is 0. The van der Waals surface area contributed by atoms with Crippen molar-refractivity contribution in [3.8, 4) is 0 Å². The molecule has 0 N–H and O–H groups in total. The lowest BCUT2D eigenvalue weighted by atomic mass is 10.1. The molecular formula is C16H24N2O. The molecule has 3 nitrogen and oxygen atoms in total. The zero-order chi connectivity index (χ0) is 13.8. The summed E-state index contributed by atoms with van der Waals surface area (Å²) in [5.74, 6) is 0.277. The number of rotatable bonds is 3. The van der Waals surface area contributed by atoms with Crippen LogP contribution in [0.4, 0.5) is 0 Å². The molecule has 0 spiro atoms. The molecule has 1 aromatic rings. The van der Waals surface area contributed by atoms with Crippen molar-refractivity contribution in [2.75, 3.05) is 13.1 Å². The SMILES string of the molecule is CCC(=O)N1[C@@H](C)CN(Cc2ccccc2)C[C@@H]1C. The van der Waals surface area contributed by atoms with Crippen LogP contribution in [0.15, 0.2) is 30.3 Å². The average molecular weight is 260 g/mol. The molecule has 1 fully saturated rings. The Hall–Kier alpha value is -1.35. The average Bonchev–Trinajstić information content (AvgIpc) is 2.38. The zero-order valence-electron chi connectivity index (χ0n) is 12.2. The minimum Gasteiger partial charge on any atom is -0.335 e. The lowest BCUT2D eigenvalue weighted by molar-refractivity contribution is -0.138. The second kappa shape index (κ2) is 6.20. The Balaban J connectivity index is 1.99. The van der Waals surface area contributed by atoms with E-state index in [1.54, 1.807) is 0 Å². The molecule has 0 saturated carbocycles. The molecule has 3 heteroatoms. The molecule has 1 saturated heterocycles. The Bertz CT molecular complexity index is 406. The summed E-state index contributed by atoms with van der Waals surface area (Å²) in [6.45, 7) is 9.15. The van der Waals surface area contributed by atoms with Crippen LogP contribution in [0.3, 0.4) is 0 Å². The highest BCUT2D eigenvalue weighted by molar-refractivity contribution is 5.76. The molecule has 0 aromatic heterocycles. The summed E-state index contributed by atoms with van der Waals surface area (Å²) >= 11 is 0. The highest BCUT2D eigenvalue weighted by Gasteiger charge is 2.31. The third kappa shape index (κ3) is 3.35. The molecule has 1 aromatic carbocycles. The van der Waals surface area contributed by atoms with E-state index in [2.05, 4.69) is 47.9 Å². The third-order valence-electron chi connectivity index (χ3n) is 3.83. The van der Waals surface area contributed by atoms with Crippen LogP contribution in [0.1, 0.15) is 32.8 Å². The van der Waals surface area contributed by atoms with Gasteiger partial charge in [-0.25, -0.2) is 0 Å². The van der Waals surface area contributed by atoms with Gasteiger partial charge in [0, 0.05) is 38.1 Å². The molecular weight excluding hydrogens is 236 g/mol. The van der Waals surface area contributed by atoms with Gasteiger partial charge in [0.2, 0.25) is 5.91 Å². The van der Waals surface area contributed by atoms with E-state index in [0.29, 0.717) is 18.5 Å². The van der Waals surface area contributed by atoms with Crippen LogP contribution < -0.4 is 0 Å². The summed E-state index contributed by atoms with van der Waals surface area (Å²) in [4.78, 5) is 16.5. The Labute approximate surface area is 116 Å².